The lowest BCUT2D eigenvalue weighted by atomic mass is 10.1. The number of aromatic nitrogens is 2. The molecular weight excluding hydrogens is 480 g/mol. The van der Waals surface area contributed by atoms with Gasteiger partial charge in [0.1, 0.15) is 11.5 Å². The summed E-state index contributed by atoms with van der Waals surface area (Å²) in [5, 5.41) is 6.32. The average molecular weight is 503 g/mol. The molecule has 33 heavy (non-hydrogen) atoms. The van der Waals surface area contributed by atoms with E-state index in [1.165, 1.54) is 0 Å². The van der Waals surface area contributed by atoms with Crippen LogP contribution in [0.2, 0.25) is 0 Å². The Labute approximate surface area is 201 Å². The van der Waals surface area contributed by atoms with Crippen molar-refractivity contribution >= 4 is 28.0 Å². The number of anilines is 1. The van der Waals surface area contributed by atoms with E-state index in [2.05, 4.69) is 21.0 Å². The normalized spacial score (nSPS) is 10.9. The first-order valence-corrected chi connectivity index (χ1v) is 11.1. The van der Waals surface area contributed by atoms with Gasteiger partial charge in [-0.05, 0) is 24.3 Å². The molecule has 0 unspecified atom stereocenters. The molecule has 0 fully saturated rings. The summed E-state index contributed by atoms with van der Waals surface area (Å²) in [7, 11) is 5.10. The van der Waals surface area contributed by atoms with Gasteiger partial charge in [-0.25, -0.2) is 9.97 Å². The van der Waals surface area contributed by atoms with Crippen molar-refractivity contribution in [3.63, 3.8) is 0 Å². The number of hydrazone groups is 1. The molecule has 166 valence electrons. The first-order valence-electron chi connectivity index (χ1n) is 10.3. The van der Waals surface area contributed by atoms with Crippen LogP contribution in [0.15, 0.2) is 88.4 Å². The summed E-state index contributed by atoms with van der Waals surface area (Å²) in [4.78, 5) is 9.59. The fourth-order valence-electron chi connectivity index (χ4n) is 3.22. The number of nitrogens with zero attached hydrogens (tertiary/aromatic N) is 4. The lowest BCUT2D eigenvalue weighted by Crippen LogP contribution is -2.12. The largest absolute Gasteiger partial charge is 0.497 e. The van der Waals surface area contributed by atoms with E-state index in [9.17, 15) is 0 Å². The summed E-state index contributed by atoms with van der Waals surface area (Å²) in [6.45, 7) is 0. The molecule has 0 N–H and O–H groups in total. The zero-order chi connectivity index (χ0) is 23.2. The average Bonchev–Trinajstić information content (AvgIpc) is 2.87. The van der Waals surface area contributed by atoms with Crippen molar-refractivity contribution in [3.05, 3.63) is 88.9 Å². The van der Waals surface area contributed by atoms with Gasteiger partial charge >= 0.3 is 0 Å². The molecule has 3 aromatic carbocycles. The summed E-state index contributed by atoms with van der Waals surface area (Å²) >= 11 is 3.48. The first-order chi connectivity index (χ1) is 16.1. The Hall–Kier alpha value is -3.71. The molecule has 1 aromatic heterocycles. The van der Waals surface area contributed by atoms with Crippen LogP contribution in [0.5, 0.6) is 11.5 Å². The van der Waals surface area contributed by atoms with Crippen molar-refractivity contribution in [3.8, 4) is 34.1 Å². The van der Waals surface area contributed by atoms with Gasteiger partial charge in [0.15, 0.2) is 11.6 Å². The molecule has 6 nitrogen and oxygen atoms in total. The SMILES string of the molecule is COc1ccc(C=NN(C)c2cc(-c3ccccc3)nc(-c3ccc(Br)cc3)n2)c(OC)c1. The van der Waals surface area contributed by atoms with Crippen LogP contribution in [-0.4, -0.2) is 37.4 Å². The van der Waals surface area contributed by atoms with Crippen LogP contribution in [0.1, 0.15) is 5.56 Å². The predicted molar refractivity (Wildman–Crippen MR) is 136 cm³/mol. The molecule has 0 atom stereocenters. The minimum absolute atomic E-state index is 0.628. The van der Waals surface area contributed by atoms with Gasteiger partial charge in [-0.3, -0.25) is 5.01 Å². The second-order valence-corrected chi connectivity index (χ2v) is 8.10. The van der Waals surface area contributed by atoms with Crippen LogP contribution >= 0.6 is 15.9 Å². The maximum atomic E-state index is 5.47. The van der Waals surface area contributed by atoms with Gasteiger partial charge in [0.05, 0.1) is 26.1 Å². The fourth-order valence-corrected chi connectivity index (χ4v) is 3.48. The van der Waals surface area contributed by atoms with Crippen molar-refractivity contribution in [2.75, 3.05) is 26.3 Å². The van der Waals surface area contributed by atoms with Crippen molar-refractivity contribution in [1.29, 1.82) is 0 Å². The molecule has 0 amide bonds. The minimum Gasteiger partial charge on any atom is -0.497 e. The molecular formula is C26H23BrN4O2. The fraction of sp³-hybridized carbons (Fsp3) is 0.115. The third-order valence-corrected chi connectivity index (χ3v) is 5.56. The van der Waals surface area contributed by atoms with Gasteiger partial charge in [0.2, 0.25) is 0 Å². The molecule has 0 spiro atoms. The summed E-state index contributed by atoms with van der Waals surface area (Å²) in [6, 6.07) is 25.5. The molecule has 0 aliphatic heterocycles. The third-order valence-electron chi connectivity index (χ3n) is 5.03. The standard InChI is InChI=1S/C26H23BrN4O2/c1-31(28-17-20-11-14-22(32-2)15-24(20)33-3)25-16-23(18-7-5-4-6-8-18)29-26(30-25)19-9-12-21(27)13-10-19/h4-17H,1-3H3. The Bertz CT molecular complexity index is 1260. The van der Waals surface area contributed by atoms with Crippen LogP contribution in [-0.2, 0) is 0 Å². The number of ether oxygens (including phenoxy) is 2. The molecule has 0 saturated heterocycles. The molecule has 0 radical (unpaired) electrons. The van der Waals surface area contributed by atoms with E-state index in [1.807, 2.05) is 85.9 Å². The topological polar surface area (TPSA) is 59.8 Å². The van der Waals surface area contributed by atoms with Crippen LogP contribution in [0.25, 0.3) is 22.6 Å². The number of benzene rings is 3. The Morgan fingerprint density at radius 3 is 2.30 bits per heavy atom. The molecule has 0 aliphatic carbocycles. The molecule has 4 rings (SSSR count). The van der Waals surface area contributed by atoms with Crippen LogP contribution in [0, 0.1) is 0 Å². The summed E-state index contributed by atoms with van der Waals surface area (Å²) < 4.78 is 11.7. The monoisotopic (exact) mass is 502 g/mol. The van der Waals surface area contributed by atoms with E-state index < -0.39 is 0 Å². The molecule has 1 heterocycles. The van der Waals surface area contributed by atoms with Gasteiger partial charge in [0.25, 0.3) is 0 Å². The lowest BCUT2D eigenvalue weighted by molar-refractivity contribution is 0.394. The predicted octanol–water partition coefficient (Wildman–Crippen LogP) is 6.06. The highest BCUT2D eigenvalue weighted by atomic mass is 79.9. The van der Waals surface area contributed by atoms with Crippen molar-refractivity contribution in [1.82, 2.24) is 9.97 Å². The molecule has 0 saturated carbocycles. The van der Waals surface area contributed by atoms with E-state index in [-0.39, 0.29) is 0 Å². The van der Waals surface area contributed by atoms with E-state index >= 15 is 0 Å². The van der Waals surface area contributed by atoms with E-state index in [4.69, 9.17) is 19.4 Å². The zero-order valence-electron chi connectivity index (χ0n) is 18.6. The first kappa shape index (κ1) is 22.5. The Kier molecular flexibility index (Phi) is 7.00. The summed E-state index contributed by atoms with van der Waals surface area (Å²) in [5.41, 5.74) is 3.58. The molecule has 0 aliphatic rings. The van der Waals surface area contributed by atoms with Gasteiger partial charge in [-0.1, -0.05) is 58.4 Å². The van der Waals surface area contributed by atoms with Crippen LogP contribution in [0.4, 0.5) is 5.82 Å². The Morgan fingerprint density at radius 2 is 1.61 bits per heavy atom. The molecule has 7 heteroatoms. The van der Waals surface area contributed by atoms with Gasteiger partial charge < -0.3 is 9.47 Å². The summed E-state index contributed by atoms with van der Waals surface area (Å²) in [6.07, 6.45) is 1.74. The van der Waals surface area contributed by atoms with Gasteiger partial charge in [-0.15, -0.1) is 0 Å². The van der Waals surface area contributed by atoms with E-state index in [1.54, 1.807) is 25.4 Å². The Balaban J connectivity index is 1.72. The quantitative estimate of drug-likeness (QED) is 0.227. The minimum atomic E-state index is 0.628. The maximum Gasteiger partial charge on any atom is 0.162 e. The van der Waals surface area contributed by atoms with Crippen LogP contribution in [0.3, 0.4) is 0 Å². The lowest BCUT2D eigenvalue weighted by Gasteiger charge is -2.15. The molecule has 0 bridgehead atoms. The highest BCUT2D eigenvalue weighted by Gasteiger charge is 2.12. The van der Waals surface area contributed by atoms with Crippen LogP contribution < -0.4 is 14.5 Å². The summed E-state index contributed by atoms with van der Waals surface area (Å²) in [5.74, 6) is 2.70. The second kappa shape index (κ2) is 10.3. The van der Waals surface area contributed by atoms with Crippen molar-refractivity contribution in [2.45, 2.75) is 0 Å². The number of halogens is 1. The Morgan fingerprint density at radius 1 is 0.848 bits per heavy atom. The van der Waals surface area contributed by atoms with E-state index in [0.717, 1.165) is 32.6 Å². The number of hydrogen-bond donors (Lipinski definition) is 0. The molecule has 4 aromatic rings. The van der Waals surface area contributed by atoms with Crippen molar-refractivity contribution < 1.29 is 9.47 Å². The highest BCUT2D eigenvalue weighted by molar-refractivity contribution is 9.10. The van der Waals surface area contributed by atoms with Gasteiger partial charge in [-0.2, -0.15) is 5.10 Å². The number of rotatable bonds is 7. The second-order valence-electron chi connectivity index (χ2n) is 7.18. The third kappa shape index (κ3) is 5.38. The highest BCUT2D eigenvalue weighted by Crippen LogP contribution is 2.27. The maximum absolute atomic E-state index is 5.47. The number of methoxy groups -OCH3 is 2. The zero-order valence-corrected chi connectivity index (χ0v) is 20.2. The smallest absolute Gasteiger partial charge is 0.162 e. The van der Waals surface area contributed by atoms with E-state index in [0.29, 0.717) is 17.4 Å². The number of hydrogen-bond acceptors (Lipinski definition) is 6. The van der Waals surface area contributed by atoms with Crippen molar-refractivity contribution in [2.24, 2.45) is 5.10 Å². The van der Waals surface area contributed by atoms with Gasteiger partial charge in [0, 0.05) is 40.3 Å².